The molecule has 0 saturated carbocycles. The van der Waals surface area contributed by atoms with Crippen LogP contribution in [0, 0.1) is 13.8 Å². The fourth-order valence-electron chi connectivity index (χ4n) is 2.67. The van der Waals surface area contributed by atoms with E-state index in [0.29, 0.717) is 22.0 Å². The molecular formula is C19H19N3O3S. The average molecular weight is 369 g/mol. The van der Waals surface area contributed by atoms with Crippen LogP contribution in [-0.2, 0) is 4.79 Å². The highest BCUT2D eigenvalue weighted by molar-refractivity contribution is 7.22. The van der Waals surface area contributed by atoms with Crippen LogP contribution < -0.4 is 15.4 Å². The van der Waals surface area contributed by atoms with Crippen molar-refractivity contribution in [2.45, 2.75) is 13.8 Å². The van der Waals surface area contributed by atoms with Gasteiger partial charge in [-0.15, -0.1) is 0 Å². The third-order valence-electron chi connectivity index (χ3n) is 3.74. The number of amides is 2. The molecule has 0 fully saturated rings. The third-order valence-corrected chi connectivity index (χ3v) is 4.68. The molecule has 2 aromatic carbocycles. The largest absolute Gasteiger partial charge is 0.494 e. The van der Waals surface area contributed by atoms with Crippen LogP contribution in [0.1, 0.15) is 21.5 Å². The van der Waals surface area contributed by atoms with Gasteiger partial charge in [-0.25, -0.2) is 4.98 Å². The maximum absolute atomic E-state index is 12.2. The number of nitrogens with zero attached hydrogens (tertiary/aromatic N) is 1. The first kappa shape index (κ1) is 17.9. The molecule has 3 rings (SSSR count). The molecule has 3 aromatic rings. The summed E-state index contributed by atoms with van der Waals surface area (Å²) in [6.45, 7) is 3.73. The van der Waals surface area contributed by atoms with Gasteiger partial charge in [0.25, 0.3) is 5.91 Å². The number of hydrogen-bond acceptors (Lipinski definition) is 5. The van der Waals surface area contributed by atoms with E-state index in [0.717, 1.165) is 15.8 Å². The van der Waals surface area contributed by atoms with Crippen molar-refractivity contribution in [1.82, 2.24) is 10.3 Å². The maximum atomic E-state index is 12.2. The molecular weight excluding hydrogens is 350 g/mol. The van der Waals surface area contributed by atoms with Crippen molar-refractivity contribution in [1.29, 1.82) is 0 Å². The van der Waals surface area contributed by atoms with E-state index in [1.54, 1.807) is 19.2 Å². The Morgan fingerprint density at radius 1 is 1.15 bits per heavy atom. The van der Waals surface area contributed by atoms with Crippen LogP contribution in [0.5, 0.6) is 5.75 Å². The van der Waals surface area contributed by atoms with Crippen LogP contribution in [0.15, 0.2) is 36.4 Å². The number of aromatic nitrogens is 1. The van der Waals surface area contributed by atoms with Gasteiger partial charge in [-0.1, -0.05) is 34.6 Å². The molecule has 134 valence electrons. The zero-order valence-corrected chi connectivity index (χ0v) is 15.6. The van der Waals surface area contributed by atoms with Crippen LogP contribution in [0.25, 0.3) is 10.2 Å². The van der Waals surface area contributed by atoms with Crippen LogP contribution in [-0.4, -0.2) is 30.5 Å². The summed E-state index contributed by atoms with van der Waals surface area (Å²) in [6.07, 6.45) is 0. The van der Waals surface area contributed by atoms with Crippen molar-refractivity contribution in [3.63, 3.8) is 0 Å². The standard InChI is InChI=1S/C19H19N3O3S/c1-11-7-12(2)9-13(8-11)18(24)20-10-16(23)21-19-22-17-14(25-3)5-4-6-15(17)26-19/h4-9H,10H2,1-3H3,(H,20,24)(H,21,22,23). The monoisotopic (exact) mass is 369 g/mol. The summed E-state index contributed by atoms with van der Waals surface area (Å²) in [5, 5.41) is 5.81. The van der Waals surface area contributed by atoms with E-state index < -0.39 is 0 Å². The fourth-order valence-corrected chi connectivity index (χ4v) is 3.57. The zero-order valence-electron chi connectivity index (χ0n) is 14.8. The molecule has 7 heteroatoms. The van der Waals surface area contributed by atoms with E-state index in [9.17, 15) is 9.59 Å². The molecule has 26 heavy (non-hydrogen) atoms. The summed E-state index contributed by atoms with van der Waals surface area (Å²) < 4.78 is 6.18. The highest BCUT2D eigenvalue weighted by atomic mass is 32.1. The summed E-state index contributed by atoms with van der Waals surface area (Å²) in [6, 6.07) is 11.2. The normalized spacial score (nSPS) is 10.6. The summed E-state index contributed by atoms with van der Waals surface area (Å²) in [5.74, 6) is 0.0426. The molecule has 0 spiro atoms. The molecule has 1 aromatic heterocycles. The maximum Gasteiger partial charge on any atom is 0.251 e. The minimum atomic E-state index is -0.333. The Balaban J connectivity index is 1.63. The molecule has 0 unspecified atom stereocenters. The number of nitrogens with one attached hydrogen (secondary N) is 2. The molecule has 0 aliphatic carbocycles. The van der Waals surface area contributed by atoms with Crippen molar-refractivity contribution in [3.8, 4) is 5.75 Å². The van der Waals surface area contributed by atoms with E-state index in [4.69, 9.17) is 4.74 Å². The number of fused-ring (bicyclic) bond motifs is 1. The average Bonchev–Trinajstić information content (AvgIpc) is 3.01. The number of para-hydroxylation sites is 1. The van der Waals surface area contributed by atoms with Gasteiger partial charge in [0, 0.05) is 5.56 Å². The van der Waals surface area contributed by atoms with Gasteiger partial charge in [-0.3, -0.25) is 9.59 Å². The number of thiazole rings is 1. The second-order valence-corrected chi connectivity index (χ2v) is 6.96. The predicted octanol–water partition coefficient (Wildman–Crippen LogP) is 3.29. The topological polar surface area (TPSA) is 80.3 Å². The lowest BCUT2D eigenvalue weighted by atomic mass is 10.1. The van der Waals surface area contributed by atoms with E-state index in [1.165, 1.54) is 11.3 Å². The van der Waals surface area contributed by atoms with E-state index >= 15 is 0 Å². The fraction of sp³-hybridized carbons (Fsp3) is 0.211. The van der Waals surface area contributed by atoms with Crippen LogP contribution >= 0.6 is 11.3 Å². The molecule has 0 saturated heterocycles. The van der Waals surface area contributed by atoms with E-state index in [1.807, 2.05) is 38.1 Å². The van der Waals surface area contributed by atoms with Gasteiger partial charge in [0.1, 0.15) is 11.3 Å². The number of anilines is 1. The van der Waals surface area contributed by atoms with Crippen molar-refractivity contribution < 1.29 is 14.3 Å². The second kappa shape index (κ2) is 7.53. The lowest BCUT2D eigenvalue weighted by Crippen LogP contribution is -2.32. The lowest BCUT2D eigenvalue weighted by molar-refractivity contribution is -0.115. The summed E-state index contributed by atoms with van der Waals surface area (Å²) >= 11 is 1.35. The Kier molecular flexibility index (Phi) is 5.18. The first-order valence-electron chi connectivity index (χ1n) is 8.06. The number of ether oxygens (including phenoxy) is 1. The molecule has 2 N–H and O–H groups in total. The van der Waals surface area contributed by atoms with E-state index in [2.05, 4.69) is 15.6 Å². The molecule has 0 bridgehead atoms. The van der Waals surface area contributed by atoms with Crippen molar-refractivity contribution >= 4 is 38.5 Å². The molecule has 2 amide bonds. The summed E-state index contributed by atoms with van der Waals surface area (Å²) in [4.78, 5) is 28.7. The molecule has 0 aliphatic rings. The highest BCUT2D eigenvalue weighted by Gasteiger charge is 2.13. The number of hydrogen-bond donors (Lipinski definition) is 2. The van der Waals surface area contributed by atoms with Crippen LogP contribution in [0.2, 0.25) is 0 Å². The minimum Gasteiger partial charge on any atom is -0.494 e. The number of rotatable bonds is 5. The summed E-state index contributed by atoms with van der Waals surface area (Å²) in [5.41, 5.74) is 3.25. The SMILES string of the molecule is COc1cccc2sc(NC(=O)CNC(=O)c3cc(C)cc(C)c3)nc12. The quantitative estimate of drug-likeness (QED) is 0.723. The Bertz CT molecular complexity index is 961. The molecule has 6 nitrogen and oxygen atoms in total. The number of benzene rings is 2. The van der Waals surface area contributed by atoms with Gasteiger partial charge in [0.15, 0.2) is 5.13 Å². The smallest absolute Gasteiger partial charge is 0.251 e. The number of carbonyl (C=O) groups is 2. The van der Waals surface area contributed by atoms with Crippen molar-refractivity contribution in [2.75, 3.05) is 19.0 Å². The zero-order chi connectivity index (χ0) is 18.7. The Hall–Kier alpha value is -2.93. The van der Waals surface area contributed by atoms with Crippen LogP contribution in [0.3, 0.4) is 0 Å². The minimum absolute atomic E-state index is 0.126. The number of carbonyl (C=O) groups excluding carboxylic acids is 2. The number of aryl methyl sites for hydroxylation is 2. The van der Waals surface area contributed by atoms with Gasteiger partial charge in [0.05, 0.1) is 18.4 Å². The lowest BCUT2D eigenvalue weighted by Gasteiger charge is -2.07. The Labute approximate surface area is 155 Å². The van der Waals surface area contributed by atoms with Crippen molar-refractivity contribution in [3.05, 3.63) is 53.1 Å². The van der Waals surface area contributed by atoms with E-state index in [-0.39, 0.29) is 18.4 Å². The second-order valence-electron chi connectivity index (χ2n) is 5.93. The van der Waals surface area contributed by atoms with Gasteiger partial charge in [0.2, 0.25) is 5.91 Å². The number of methoxy groups -OCH3 is 1. The summed E-state index contributed by atoms with van der Waals surface area (Å²) in [7, 11) is 1.58. The van der Waals surface area contributed by atoms with Gasteiger partial charge < -0.3 is 15.4 Å². The Morgan fingerprint density at radius 3 is 2.58 bits per heavy atom. The molecule has 1 heterocycles. The van der Waals surface area contributed by atoms with Crippen LogP contribution in [0.4, 0.5) is 5.13 Å². The van der Waals surface area contributed by atoms with Gasteiger partial charge in [-0.05, 0) is 38.1 Å². The third kappa shape index (κ3) is 4.00. The Morgan fingerprint density at radius 2 is 1.88 bits per heavy atom. The van der Waals surface area contributed by atoms with Crippen molar-refractivity contribution in [2.24, 2.45) is 0 Å². The molecule has 0 aliphatic heterocycles. The first-order valence-corrected chi connectivity index (χ1v) is 8.88. The molecule has 0 atom stereocenters. The predicted molar refractivity (Wildman–Crippen MR) is 103 cm³/mol. The van der Waals surface area contributed by atoms with Gasteiger partial charge >= 0.3 is 0 Å². The molecule has 0 radical (unpaired) electrons. The van der Waals surface area contributed by atoms with Gasteiger partial charge in [-0.2, -0.15) is 0 Å². The first-order chi connectivity index (χ1) is 12.5. The highest BCUT2D eigenvalue weighted by Crippen LogP contribution is 2.31.